The van der Waals surface area contributed by atoms with Gasteiger partial charge in [0.15, 0.2) is 0 Å². The molecule has 2 aromatic heterocycles. The number of hydrogen-bond acceptors (Lipinski definition) is 4. The van der Waals surface area contributed by atoms with Gasteiger partial charge in [0, 0.05) is 35.8 Å². The molecule has 1 N–H and O–H groups in total. The van der Waals surface area contributed by atoms with E-state index in [1.165, 1.54) is 9.75 Å². The first-order valence-electron chi connectivity index (χ1n) is 7.57. The lowest BCUT2D eigenvalue weighted by molar-refractivity contribution is 0.157. The molecular weight excluding hydrogens is 310 g/mol. The Labute approximate surface area is 141 Å². The molecule has 6 heteroatoms. The van der Waals surface area contributed by atoms with Gasteiger partial charge in [0.25, 0.3) is 0 Å². The van der Waals surface area contributed by atoms with Crippen molar-refractivity contribution in [1.29, 1.82) is 0 Å². The molecule has 0 aromatic carbocycles. The number of methoxy groups -OCH3 is 1. The number of hydrogen-bond donors (Lipinski definition) is 1. The number of nitrogens with zero attached hydrogens (tertiary/aromatic N) is 2. The van der Waals surface area contributed by atoms with Crippen molar-refractivity contribution in [3.05, 3.63) is 52.0 Å². The Morgan fingerprint density at radius 2 is 2.04 bits per heavy atom. The molecule has 0 aliphatic carbocycles. The predicted octanol–water partition coefficient (Wildman–Crippen LogP) is 3.20. The van der Waals surface area contributed by atoms with Gasteiger partial charge in [-0.1, -0.05) is 0 Å². The summed E-state index contributed by atoms with van der Waals surface area (Å²) in [5.74, 6) is 0. The lowest BCUT2D eigenvalue weighted by Crippen LogP contribution is -2.44. The fraction of sp³-hybridized carbons (Fsp3) is 0.412. The largest absolute Gasteiger partial charge is 0.383 e. The van der Waals surface area contributed by atoms with Crippen LogP contribution in [-0.4, -0.2) is 35.7 Å². The second kappa shape index (κ2) is 8.64. The zero-order valence-electron chi connectivity index (χ0n) is 13.8. The van der Waals surface area contributed by atoms with Crippen LogP contribution in [0.15, 0.2) is 36.7 Å². The summed E-state index contributed by atoms with van der Waals surface area (Å²) in [5, 5.41) is 2.98. The normalized spacial score (nSPS) is 12.0. The summed E-state index contributed by atoms with van der Waals surface area (Å²) in [5.41, 5.74) is 1.06. The highest BCUT2D eigenvalue weighted by molar-refractivity contribution is 7.11. The molecule has 0 radical (unpaired) electrons. The van der Waals surface area contributed by atoms with Crippen LogP contribution >= 0.6 is 11.3 Å². The molecule has 0 aliphatic rings. The monoisotopic (exact) mass is 333 g/mol. The molecule has 5 nitrogen and oxygen atoms in total. The van der Waals surface area contributed by atoms with Crippen LogP contribution < -0.4 is 5.32 Å². The molecule has 2 amide bonds. The van der Waals surface area contributed by atoms with Crippen LogP contribution in [0, 0.1) is 6.92 Å². The number of aromatic nitrogens is 1. The van der Waals surface area contributed by atoms with E-state index in [2.05, 4.69) is 29.4 Å². The van der Waals surface area contributed by atoms with Gasteiger partial charge in [0.05, 0.1) is 19.2 Å². The van der Waals surface area contributed by atoms with Crippen LogP contribution in [0.4, 0.5) is 4.79 Å². The van der Waals surface area contributed by atoms with Crippen molar-refractivity contribution in [1.82, 2.24) is 15.2 Å². The Kier molecular flexibility index (Phi) is 6.55. The molecule has 2 rings (SSSR count). The number of ether oxygens (including phenoxy) is 1. The van der Waals surface area contributed by atoms with E-state index in [4.69, 9.17) is 4.74 Å². The third-order valence-electron chi connectivity index (χ3n) is 3.34. The summed E-state index contributed by atoms with van der Waals surface area (Å²) in [6.45, 7) is 5.63. The maximum atomic E-state index is 12.6. The smallest absolute Gasteiger partial charge is 0.318 e. The second-order valence-corrected chi connectivity index (χ2v) is 6.90. The zero-order valence-corrected chi connectivity index (χ0v) is 14.6. The lowest BCUT2D eigenvalue weighted by Gasteiger charge is -2.25. The van der Waals surface area contributed by atoms with Crippen molar-refractivity contribution in [3.63, 3.8) is 0 Å². The maximum Gasteiger partial charge on any atom is 0.318 e. The van der Waals surface area contributed by atoms with Crippen LogP contribution in [-0.2, 0) is 17.8 Å². The molecule has 124 valence electrons. The minimum absolute atomic E-state index is 0.0301. The number of carbonyl (C=O) groups is 1. The first-order chi connectivity index (χ1) is 11.1. The number of aryl methyl sites for hydroxylation is 1. The quantitative estimate of drug-likeness (QED) is 0.846. The average molecular weight is 333 g/mol. The number of amides is 2. The minimum atomic E-state index is -0.0857. The zero-order chi connectivity index (χ0) is 16.7. The number of carbonyl (C=O) groups excluding carboxylic acids is 1. The van der Waals surface area contributed by atoms with E-state index in [1.54, 1.807) is 30.8 Å². The van der Waals surface area contributed by atoms with E-state index < -0.39 is 0 Å². The highest BCUT2D eigenvalue weighted by atomic mass is 32.1. The summed E-state index contributed by atoms with van der Waals surface area (Å²) in [6.07, 6.45) is 3.49. The molecule has 2 aromatic rings. The minimum Gasteiger partial charge on any atom is -0.383 e. The SMILES string of the molecule is COC[C@@H](C)NC(=O)N(Cc1ccncc1)Cc1ccc(C)s1. The molecule has 0 aliphatic heterocycles. The first-order valence-corrected chi connectivity index (χ1v) is 8.38. The van der Waals surface area contributed by atoms with Crippen molar-refractivity contribution in [2.24, 2.45) is 0 Å². The predicted molar refractivity (Wildman–Crippen MR) is 92.4 cm³/mol. The van der Waals surface area contributed by atoms with Gasteiger partial charge in [0.1, 0.15) is 0 Å². The van der Waals surface area contributed by atoms with Gasteiger partial charge in [-0.05, 0) is 43.7 Å². The summed E-state index contributed by atoms with van der Waals surface area (Å²) < 4.78 is 5.08. The molecule has 0 spiro atoms. The number of pyridine rings is 1. The lowest BCUT2D eigenvalue weighted by atomic mass is 10.2. The Balaban J connectivity index is 2.08. The van der Waals surface area contributed by atoms with E-state index in [-0.39, 0.29) is 12.1 Å². The molecule has 0 saturated carbocycles. The Hall–Kier alpha value is -1.92. The Bertz CT molecular complexity index is 615. The molecule has 0 fully saturated rings. The van der Waals surface area contributed by atoms with Gasteiger partial charge in [0.2, 0.25) is 0 Å². The van der Waals surface area contributed by atoms with Crippen LogP contribution in [0.25, 0.3) is 0 Å². The molecule has 0 saturated heterocycles. The van der Waals surface area contributed by atoms with E-state index in [9.17, 15) is 4.79 Å². The second-order valence-electron chi connectivity index (χ2n) is 5.53. The molecular formula is C17H23N3O2S. The van der Waals surface area contributed by atoms with Crippen LogP contribution in [0.5, 0.6) is 0 Å². The van der Waals surface area contributed by atoms with Gasteiger partial charge in [-0.2, -0.15) is 0 Å². The van der Waals surface area contributed by atoms with Crippen molar-refractivity contribution >= 4 is 17.4 Å². The third-order valence-corrected chi connectivity index (χ3v) is 4.32. The van der Waals surface area contributed by atoms with E-state index >= 15 is 0 Å². The number of thiophene rings is 1. The van der Waals surface area contributed by atoms with Crippen molar-refractivity contribution < 1.29 is 9.53 Å². The maximum absolute atomic E-state index is 12.6. The van der Waals surface area contributed by atoms with Crippen molar-refractivity contribution in [2.45, 2.75) is 33.0 Å². The standard InChI is InChI=1S/C17H23N3O2S/c1-13(12-22-3)19-17(21)20(10-15-6-8-18-9-7-15)11-16-5-4-14(2)23-16/h4-9,13H,10-12H2,1-3H3,(H,19,21)/t13-/m1/s1. The summed E-state index contributed by atoms with van der Waals surface area (Å²) in [7, 11) is 1.63. The van der Waals surface area contributed by atoms with Crippen LogP contribution in [0.1, 0.15) is 22.2 Å². The van der Waals surface area contributed by atoms with Crippen LogP contribution in [0.2, 0.25) is 0 Å². The molecule has 1 atom stereocenters. The highest BCUT2D eigenvalue weighted by Crippen LogP contribution is 2.18. The fourth-order valence-corrected chi connectivity index (χ4v) is 3.17. The number of nitrogens with one attached hydrogen (secondary N) is 1. The van der Waals surface area contributed by atoms with Gasteiger partial charge in [-0.3, -0.25) is 4.98 Å². The fourth-order valence-electron chi connectivity index (χ4n) is 2.26. The third kappa shape index (κ3) is 5.65. The van der Waals surface area contributed by atoms with Gasteiger partial charge < -0.3 is 15.0 Å². The van der Waals surface area contributed by atoms with Crippen molar-refractivity contribution in [2.75, 3.05) is 13.7 Å². The number of rotatable bonds is 7. The molecule has 0 unspecified atom stereocenters. The Morgan fingerprint density at radius 1 is 1.30 bits per heavy atom. The van der Waals surface area contributed by atoms with E-state index in [0.717, 1.165) is 5.56 Å². The van der Waals surface area contributed by atoms with E-state index in [0.29, 0.717) is 19.7 Å². The Morgan fingerprint density at radius 3 is 2.65 bits per heavy atom. The molecule has 0 bridgehead atoms. The summed E-state index contributed by atoms with van der Waals surface area (Å²) in [4.78, 5) is 20.8. The summed E-state index contributed by atoms with van der Waals surface area (Å²) in [6, 6.07) is 7.90. The average Bonchev–Trinajstić information content (AvgIpc) is 2.93. The van der Waals surface area contributed by atoms with Crippen molar-refractivity contribution in [3.8, 4) is 0 Å². The van der Waals surface area contributed by atoms with E-state index in [1.807, 2.05) is 24.0 Å². The molecule has 2 heterocycles. The highest BCUT2D eigenvalue weighted by Gasteiger charge is 2.17. The van der Waals surface area contributed by atoms with Gasteiger partial charge >= 0.3 is 6.03 Å². The van der Waals surface area contributed by atoms with Crippen LogP contribution in [0.3, 0.4) is 0 Å². The summed E-state index contributed by atoms with van der Waals surface area (Å²) >= 11 is 1.71. The topological polar surface area (TPSA) is 54.5 Å². The first kappa shape index (κ1) is 17.4. The van der Waals surface area contributed by atoms with Gasteiger partial charge in [-0.25, -0.2) is 4.79 Å². The number of urea groups is 1. The van der Waals surface area contributed by atoms with Gasteiger partial charge in [-0.15, -0.1) is 11.3 Å². The molecule has 23 heavy (non-hydrogen) atoms.